The number of thiophene rings is 1. The van der Waals surface area contributed by atoms with Crippen molar-refractivity contribution in [1.29, 1.82) is 0 Å². The summed E-state index contributed by atoms with van der Waals surface area (Å²) in [7, 11) is 0. The van der Waals surface area contributed by atoms with E-state index in [2.05, 4.69) is 15.3 Å². The van der Waals surface area contributed by atoms with Crippen molar-refractivity contribution in [3.63, 3.8) is 0 Å². The maximum absolute atomic E-state index is 12.8. The number of aryl methyl sites for hydroxylation is 1. The summed E-state index contributed by atoms with van der Waals surface area (Å²) in [5, 5.41) is 3.44. The molecule has 0 aliphatic carbocycles. The largest absolute Gasteiger partial charge is 0.394 e. The van der Waals surface area contributed by atoms with Gasteiger partial charge in [0.25, 0.3) is 22.3 Å². The van der Waals surface area contributed by atoms with Crippen LogP contribution in [0.5, 0.6) is 0 Å². The number of carbonyl (C=O) groups excluding carboxylic acids is 1. The van der Waals surface area contributed by atoms with E-state index in [0.717, 1.165) is 51.5 Å². The Labute approximate surface area is 207 Å². The average Bonchev–Trinajstić information content (AvgIpc) is 3.26. The number of nitrogen functional groups attached to an aromatic ring is 1. The molecular weight excluding hydrogens is 486 g/mol. The van der Waals surface area contributed by atoms with Gasteiger partial charge in [0.05, 0.1) is 9.60 Å². The Morgan fingerprint density at radius 3 is 2.86 bits per heavy atom. The molecule has 9 nitrogen and oxygen atoms in total. The van der Waals surface area contributed by atoms with Crippen molar-refractivity contribution in [2.24, 2.45) is 0 Å². The van der Waals surface area contributed by atoms with Gasteiger partial charge in [0, 0.05) is 19.6 Å². The number of carbonyl (C=O) groups is 1. The summed E-state index contributed by atoms with van der Waals surface area (Å²) in [4.78, 5) is 58.5. The molecule has 0 saturated heterocycles. The van der Waals surface area contributed by atoms with Crippen LogP contribution in [0.15, 0.2) is 36.8 Å². The van der Waals surface area contributed by atoms with Gasteiger partial charge in [-0.15, -0.1) is 23.1 Å². The first kappa shape index (κ1) is 22.1. The summed E-state index contributed by atoms with van der Waals surface area (Å²) < 4.78 is 1.12. The van der Waals surface area contributed by atoms with E-state index in [-0.39, 0.29) is 23.6 Å². The third kappa shape index (κ3) is 3.66. The Hall–Kier alpha value is -3.44. The third-order valence-electron chi connectivity index (χ3n) is 6.62. The number of nitrogens with two attached hydrogens (primary N) is 1. The monoisotopic (exact) mass is 507 g/mol. The Balaban J connectivity index is 1.19. The van der Waals surface area contributed by atoms with Gasteiger partial charge in [0.15, 0.2) is 0 Å². The van der Waals surface area contributed by atoms with Gasteiger partial charge in [-0.05, 0) is 47.3 Å². The molecule has 2 aromatic carbocycles. The number of amides is 1. The first-order valence-electron chi connectivity index (χ1n) is 11.3. The molecule has 178 valence electrons. The fourth-order valence-electron chi connectivity index (χ4n) is 4.80. The molecule has 1 amide bonds. The van der Waals surface area contributed by atoms with Gasteiger partial charge >= 0.3 is 0 Å². The smallest absolute Gasteiger partial charge is 0.287 e. The lowest BCUT2D eigenvalue weighted by Gasteiger charge is -2.32. The second-order valence-corrected chi connectivity index (χ2v) is 11.2. The van der Waals surface area contributed by atoms with Crippen LogP contribution in [-0.2, 0) is 25.9 Å². The van der Waals surface area contributed by atoms with Crippen molar-refractivity contribution in [3.8, 4) is 0 Å². The number of thioether (sulfide) groups is 1. The average molecular weight is 508 g/mol. The van der Waals surface area contributed by atoms with Crippen LogP contribution in [0.1, 0.15) is 39.3 Å². The number of nitrogens with zero attached hydrogens (tertiary/aromatic N) is 2. The zero-order chi connectivity index (χ0) is 24.3. The molecule has 0 saturated carbocycles. The maximum Gasteiger partial charge on any atom is 0.287 e. The highest BCUT2D eigenvalue weighted by molar-refractivity contribution is 8.01. The first-order chi connectivity index (χ1) is 16.9. The molecule has 0 unspecified atom stereocenters. The predicted octanol–water partition coefficient (Wildman–Crippen LogP) is 1.69. The number of nitrogens with one attached hydrogen (secondary N) is 2. The number of benzene rings is 1. The molecule has 2 aromatic heterocycles. The number of aromatic amines is 1. The number of hydrogen-bond donors (Lipinski definition) is 3. The highest BCUT2D eigenvalue weighted by Gasteiger charge is 2.27. The summed E-state index contributed by atoms with van der Waals surface area (Å²) in [6, 6.07) is 5.94. The quantitative estimate of drug-likeness (QED) is 0.355. The Morgan fingerprint density at radius 1 is 1.17 bits per heavy atom. The number of H-pyrrole nitrogens is 1. The summed E-state index contributed by atoms with van der Waals surface area (Å²) in [6.45, 7) is 1.34. The highest BCUT2D eigenvalue weighted by Crippen LogP contribution is 2.40. The molecule has 0 fully saturated rings. The lowest BCUT2D eigenvalue weighted by Crippen LogP contribution is -2.44. The zero-order valence-electron chi connectivity index (χ0n) is 18.6. The minimum absolute atomic E-state index is 0.00538. The first-order valence-corrected chi connectivity index (χ1v) is 13.1. The van der Waals surface area contributed by atoms with Crippen molar-refractivity contribution in [1.82, 2.24) is 15.3 Å². The van der Waals surface area contributed by atoms with E-state index >= 15 is 0 Å². The SMILES string of the molecule is Nc1c(N2CCc3ccc(CNC(=O)c4nc5sc6c(c5c(=O)[nH]4)CCCS6)cc3C2)c(=O)c1=O. The Bertz CT molecular complexity index is 1650. The van der Waals surface area contributed by atoms with Crippen LogP contribution in [0.3, 0.4) is 0 Å². The molecule has 0 atom stereocenters. The van der Waals surface area contributed by atoms with Crippen LogP contribution in [0.25, 0.3) is 10.2 Å². The van der Waals surface area contributed by atoms with Crippen LogP contribution in [0, 0.1) is 0 Å². The lowest BCUT2D eigenvalue weighted by molar-refractivity contribution is 0.0940. The van der Waals surface area contributed by atoms with E-state index in [1.54, 1.807) is 11.8 Å². The molecule has 0 spiro atoms. The van der Waals surface area contributed by atoms with Crippen LogP contribution in [-0.4, -0.2) is 28.2 Å². The van der Waals surface area contributed by atoms with Gasteiger partial charge in [-0.25, -0.2) is 4.98 Å². The summed E-state index contributed by atoms with van der Waals surface area (Å²) in [5.41, 5.74) is 8.76. The molecule has 2 aliphatic heterocycles. The van der Waals surface area contributed by atoms with Crippen LogP contribution >= 0.6 is 23.1 Å². The standard InChI is InChI=1S/C24H21N5O4S2/c25-16-17(19(31)18(16)30)29-6-5-12-4-3-11(8-13(12)10-29)9-26-22(33)20-27-21(32)15-14-2-1-7-34-24(14)35-23(15)28-20/h3-4,8H,1-2,5-7,9-10,25H2,(H,26,33)(H,27,28,32). The van der Waals surface area contributed by atoms with Crippen molar-refractivity contribution in [2.75, 3.05) is 22.9 Å². The van der Waals surface area contributed by atoms with Gasteiger partial charge in [0.1, 0.15) is 16.2 Å². The molecule has 2 aliphatic rings. The number of anilines is 2. The van der Waals surface area contributed by atoms with E-state index < -0.39 is 16.8 Å². The summed E-state index contributed by atoms with van der Waals surface area (Å²) in [6.07, 6.45) is 2.63. The molecule has 0 bridgehead atoms. The van der Waals surface area contributed by atoms with Gasteiger partial charge in [0.2, 0.25) is 5.82 Å². The second-order valence-electron chi connectivity index (χ2n) is 8.79. The third-order valence-corrected chi connectivity index (χ3v) is 9.14. The predicted molar refractivity (Wildman–Crippen MR) is 137 cm³/mol. The van der Waals surface area contributed by atoms with Gasteiger partial charge in [-0.1, -0.05) is 18.2 Å². The van der Waals surface area contributed by atoms with E-state index in [0.29, 0.717) is 29.0 Å². The maximum atomic E-state index is 12.8. The normalized spacial score (nSPS) is 15.3. The van der Waals surface area contributed by atoms with Crippen molar-refractivity contribution in [2.45, 2.75) is 36.6 Å². The summed E-state index contributed by atoms with van der Waals surface area (Å²) >= 11 is 3.21. The van der Waals surface area contributed by atoms with Crippen LogP contribution < -0.4 is 32.4 Å². The lowest BCUT2D eigenvalue weighted by atomic mass is 9.96. The minimum Gasteiger partial charge on any atom is -0.394 e. The molecule has 11 heteroatoms. The number of aromatic nitrogens is 2. The van der Waals surface area contributed by atoms with Crippen LogP contribution in [0.2, 0.25) is 0 Å². The molecule has 4 aromatic rings. The zero-order valence-corrected chi connectivity index (χ0v) is 20.2. The van der Waals surface area contributed by atoms with Crippen molar-refractivity contribution in [3.05, 3.63) is 77.1 Å². The van der Waals surface area contributed by atoms with E-state index in [1.165, 1.54) is 11.3 Å². The van der Waals surface area contributed by atoms with Gasteiger partial charge in [-0.3, -0.25) is 19.2 Å². The summed E-state index contributed by atoms with van der Waals surface area (Å²) in [5.74, 6) is 0.591. The van der Waals surface area contributed by atoms with Crippen molar-refractivity contribution >= 4 is 50.6 Å². The van der Waals surface area contributed by atoms with Crippen LogP contribution in [0.4, 0.5) is 11.4 Å². The molecular formula is C24H21N5O4S2. The second kappa shape index (κ2) is 8.35. The van der Waals surface area contributed by atoms with E-state index in [1.807, 2.05) is 23.1 Å². The number of fused-ring (bicyclic) bond motifs is 4. The molecule has 4 N–H and O–H groups in total. The minimum atomic E-state index is -0.617. The van der Waals surface area contributed by atoms with E-state index in [9.17, 15) is 19.2 Å². The molecule has 4 heterocycles. The van der Waals surface area contributed by atoms with Gasteiger partial charge in [-0.2, -0.15) is 0 Å². The van der Waals surface area contributed by atoms with Crippen molar-refractivity contribution < 1.29 is 4.79 Å². The van der Waals surface area contributed by atoms with E-state index in [4.69, 9.17) is 5.73 Å². The molecule has 6 rings (SSSR count). The number of rotatable bonds is 4. The molecule has 35 heavy (non-hydrogen) atoms. The molecule has 0 radical (unpaired) electrons. The fourth-order valence-corrected chi connectivity index (χ4v) is 7.33. The highest BCUT2D eigenvalue weighted by atomic mass is 32.2. The Kier molecular flexibility index (Phi) is 5.26. The fraction of sp³-hybridized carbons (Fsp3) is 0.292. The Morgan fingerprint density at radius 2 is 2.03 bits per heavy atom. The topological polar surface area (TPSA) is 138 Å². The van der Waals surface area contributed by atoms with Gasteiger partial charge < -0.3 is 20.9 Å². The number of hydrogen-bond acceptors (Lipinski definition) is 9.